The zero-order valence-electron chi connectivity index (χ0n) is 14.0. The van der Waals surface area contributed by atoms with Gasteiger partial charge in [-0.25, -0.2) is 0 Å². The zero-order chi connectivity index (χ0) is 19.8. The van der Waals surface area contributed by atoms with Crippen molar-refractivity contribution in [1.29, 1.82) is 0 Å². The van der Waals surface area contributed by atoms with Gasteiger partial charge in [0.1, 0.15) is 11.4 Å². The molecule has 2 aromatic rings. The second-order valence-corrected chi connectivity index (χ2v) is 5.21. The summed E-state index contributed by atoms with van der Waals surface area (Å²) in [6.07, 6.45) is 0. The van der Waals surface area contributed by atoms with Crippen LogP contribution in [0.4, 0.5) is 0 Å². The molecule has 2 amide bonds. The molecule has 0 atom stereocenters. The van der Waals surface area contributed by atoms with Gasteiger partial charge in [0.15, 0.2) is 0 Å². The lowest BCUT2D eigenvalue weighted by Gasteiger charge is -2.15. The van der Waals surface area contributed by atoms with Crippen LogP contribution in [0.5, 0.6) is 0 Å². The number of hydrogen-bond acceptors (Lipinski definition) is 7. The maximum Gasteiger partial charge on any atom is 0.267 e. The number of nitrogens with zero attached hydrogens (tertiary/aromatic N) is 2. The Kier molecular flexibility index (Phi) is 6.72. The monoisotopic (exact) mass is 376 g/mol. The summed E-state index contributed by atoms with van der Waals surface area (Å²) in [6.45, 7) is 0.341. The molecule has 2 aromatic heterocycles. The van der Waals surface area contributed by atoms with Crippen molar-refractivity contribution < 1.29 is 14.3 Å². The van der Waals surface area contributed by atoms with Crippen LogP contribution in [0.15, 0.2) is 46.0 Å². The number of pyridine rings is 2. The molecule has 0 saturated carbocycles. The number of ether oxygens (including phenoxy) is 1. The summed E-state index contributed by atoms with van der Waals surface area (Å²) >= 11 is 0. The van der Waals surface area contributed by atoms with Gasteiger partial charge in [0.05, 0.1) is 13.2 Å². The lowest BCUT2D eigenvalue weighted by Crippen LogP contribution is -2.34. The minimum Gasteiger partial charge on any atom is -0.803 e. The standard InChI is InChI=1S/C16H16N4O7/c21-13-5-1-3-11(19(13)25)15(23)17-7-9-27-10-8-18-16(24)12-4-2-6-14(22)20(12)26/h1-6H,7-10H2,(H,17,23)(H,18,24)/q-2. The largest absolute Gasteiger partial charge is 0.803 e. The number of carbonyl (C=O) groups excluding carboxylic acids is 2. The van der Waals surface area contributed by atoms with Crippen LogP contribution in [0, 0.1) is 10.4 Å². The number of carbonyl (C=O) groups is 2. The summed E-state index contributed by atoms with van der Waals surface area (Å²) in [5.41, 5.74) is -2.31. The third-order valence-electron chi connectivity index (χ3n) is 3.35. The molecule has 0 aliphatic rings. The van der Waals surface area contributed by atoms with Gasteiger partial charge in [0.25, 0.3) is 11.8 Å². The van der Waals surface area contributed by atoms with E-state index in [0.717, 1.165) is 12.1 Å². The molecule has 0 aromatic carbocycles. The van der Waals surface area contributed by atoms with E-state index in [1.165, 1.54) is 24.3 Å². The SMILES string of the molecule is O=C(NCCOCCNC(=O)c1cccc(=O)n1[O-])c1cccc(=O)n1[O-]. The van der Waals surface area contributed by atoms with E-state index in [1.807, 2.05) is 0 Å². The van der Waals surface area contributed by atoms with Crippen molar-refractivity contribution in [3.8, 4) is 0 Å². The summed E-state index contributed by atoms with van der Waals surface area (Å²) in [6, 6.07) is 7.14. The molecule has 0 saturated heterocycles. The van der Waals surface area contributed by atoms with E-state index >= 15 is 0 Å². The number of hydrogen-bond donors (Lipinski definition) is 2. The van der Waals surface area contributed by atoms with E-state index in [0.29, 0.717) is 0 Å². The fraction of sp³-hybridized carbons (Fsp3) is 0.250. The average Bonchev–Trinajstić information content (AvgIpc) is 2.65. The Balaban J connectivity index is 1.66. The Labute approximate surface area is 152 Å². The number of rotatable bonds is 8. The first kappa shape index (κ1) is 19.7. The molecule has 0 spiro atoms. The molecular formula is C16H16N4O7-2. The predicted molar refractivity (Wildman–Crippen MR) is 94.4 cm³/mol. The van der Waals surface area contributed by atoms with Crippen molar-refractivity contribution in [2.75, 3.05) is 26.3 Å². The molecule has 0 aliphatic heterocycles. The first-order valence-corrected chi connectivity index (χ1v) is 7.85. The van der Waals surface area contributed by atoms with E-state index in [1.54, 1.807) is 0 Å². The molecule has 144 valence electrons. The minimum atomic E-state index is -0.837. The predicted octanol–water partition coefficient (Wildman–Crippen LogP) is -1.12. The highest BCUT2D eigenvalue weighted by molar-refractivity contribution is 5.93. The van der Waals surface area contributed by atoms with E-state index in [-0.39, 0.29) is 47.2 Å². The second-order valence-electron chi connectivity index (χ2n) is 5.21. The molecule has 27 heavy (non-hydrogen) atoms. The first-order chi connectivity index (χ1) is 12.9. The van der Waals surface area contributed by atoms with Crippen molar-refractivity contribution in [1.82, 2.24) is 20.1 Å². The Morgan fingerprint density at radius 1 is 0.815 bits per heavy atom. The lowest BCUT2D eigenvalue weighted by molar-refractivity contribution is 0.0885. The van der Waals surface area contributed by atoms with Crippen LogP contribution < -0.4 is 21.8 Å². The topological polar surface area (TPSA) is 158 Å². The Hall–Kier alpha value is -3.60. The van der Waals surface area contributed by atoms with Crippen LogP contribution in [-0.2, 0) is 4.74 Å². The van der Waals surface area contributed by atoms with Gasteiger partial charge in [-0.05, 0) is 12.1 Å². The molecule has 0 unspecified atom stereocenters. The van der Waals surface area contributed by atoms with Crippen LogP contribution in [0.2, 0.25) is 0 Å². The van der Waals surface area contributed by atoms with Gasteiger partial charge in [-0.2, -0.15) is 0 Å². The Morgan fingerprint density at radius 2 is 1.22 bits per heavy atom. The van der Waals surface area contributed by atoms with Gasteiger partial charge in [0.2, 0.25) is 11.1 Å². The van der Waals surface area contributed by atoms with Gasteiger partial charge < -0.3 is 35.2 Å². The van der Waals surface area contributed by atoms with Gasteiger partial charge >= 0.3 is 0 Å². The first-order valence-electron chi connectivity index (χ1n) is 7.85. The molecule has 0 fully saturated rings. The molecule has 2 N–H and O–H groups in total. The van der Waals surface area contributed by atoms with Crippen molar-refractivity contribution in [2.24, 2.45) is 0 Å². The van der Waals surface area contributed by atoms with Crippen LogP contribution in [-0.4, -0.2) is 47.6 Å². The van der Waals surface area contributed by atoms with E-state index < -0.39 is 22.9 Å². The fourth-order valence-corrected chi connectivity index (χ4v) is 2.04. The van der Waals surface area contributed by atoms with E-state index in [9.17, 15) is 29.6 Å². The molecular weight excluding hydrogens is 360 g/mol. The van der Waals surface area contributed by atoms with Crippen LogP contribution in [0.1, 0.15) is 21.0 Å². The summed E-state index contributed by atoms with van der Waals surface area (Å²) in [4.78, 5) is 45.9. The molecule has 11 nitrogen and oxygen atoms in total. The Bertz CT molecular complexity index is 859. The fourth-order valence-electron chi connectivity index (χ4n) is 2.04. The number of nitrogens with one attached hydrogen (secondary N) is 2. The van der Waals surface area contributed by atoms with E-state index in [2.05, 4.69) is 10.6 Å². The third kappa shape index (κ3) is 5.19. The summed E-state index contributed by atoms with van der Waals surface area (Å²) in [5, 5.41) is 27.7. The quantitative estimate of drug-likeness (QED) is 0.552. The van der Waals surface area contributed by atoms with Crippen LogP contribution in [0.3, 0.4) is 0 Å². The Morgan fingerprint density at radius 3 is 1.63 bits per heavy atom. The van der Waals surface area contributed by atoms with Crippen molar-refractivity contribution in [3.05, 3.63) is 78.9 Å². The smallest absolute Gasteiger partial charge is 0.267 e. The molecule has 0 bridgehead atoms. The van der Waals surface area contributed by atoms with Gasteiger partial charge in [0, 0.05) is 25.2 Å². The second kappa shape index (κ2) is 9.20. The lowest BCUT2D eigenvalue weighted by atomic mass is 10.3. The van der Waals surface area contributed by atoms with Gasteiger partial charge in [-0.15, -0.1) is 0 Å². The summed E-state index contributed by atoms with van der Waals surface area (Å²) in [5.74, 6) is -1.42. The number of amides is 2. The van der Waals surface area contributed by atoms with Crippen molar-refractivity contribution in [3.63, 3.8) is 0 Å². The summed E-state index contributed by atoms with van der Waals surface area (Å²) in [7, 11) is 0. The highest BCUT2D eigenvalue weighted by Crippen LogP contribution is 1.95. The highest BCUT2D eigenvalue weighted by Gasteiger charge is 2.08. The maximum absolute atomic E-state index is 11.8. The number of aromatic nitrogens is 2. The average molecular weight is 376 g/mol. The molecule has 0 radical (unpaired) electrons. The third-order valence-corrected chi connectivity index (χ3v) is 3.35. The van der Waals surface area contributed by atoms with Crippen molar-refractivity contribution >= 4 is 11.8 Å². The van der Waals surface area contributed by atoms with Gasteiger partial charge in [-0.1, -0.05) is 12.1 Å². The van der Waals surface area contributed by atoms with Crippen LogP contribution >= 0.6 is 0 Å². The maximum atomic E-state index is 11.8. The van der Waals surface area contributed by atoms with E-state index in [4.69, 9.17) is 4.74 Å². The molecule has 2 heterocycles. The molecule has 11 heteroatoms. The normalized spacial score (nSPS) is 10.4. The molecule has 2 rings (SSSR count). The summed E-state index contributed by atoms with van der Waals surface area (Å²) < 4.78 is 5.17. The van der Waals surface area contributed by atoms with Gasteiger partial charge in [-0.3, -0.25) is 19.2 Å². The van der Waals surface area contributed by atoms with Crippen molar-refractivity contribution in [2.45, 2.75) is 0 Å². The zero-order valence-corrected chi connectivity index (χ0v) is 14.0. The molecule has 0 aliphatic carbocycles. The minimum absolute atomic E-state index is 0.00902. The highest BCUT2D eigenvalue weighted by atomic mass is 16.5. The van der Waals surface area contributed by atoms with Crippen LogP contribution in [0.25, 0.3) is 0 Å².